The van der Waals surface area contributed by atoms with Crippen LogP contribution in [0.4, 0.5) is 0 Å². The molecule has 24 heavy (non-hydrogen) atoms. The number of hydrogen-bond acceptors (Lipinski definition) is 3. The molecule has 3 rings (SSSR count). The maximum atomic E-state index is 9.09. The fourth-order valence-corrected chi connectivity index (χ4v) is 3.39. The van der Waals surface area contributed by atoms with E-state index < -0.39 is 0 Å². The molecule has 5 heteroatoms. The van der Waals surface area contributed by atoms with E-state index in [0.717, 1.165) is 30.9 Å². The van der Waals surface area contributed by atoms with Gasteiger partial charge in [-0.3, -0.25) is 4.68 Å². The number of rotatable bonds is 7. The van der Waals surface area contributed by atoms with Crippen molar-refractivity contribution in [2.45, 2.75) is 40.3 Å². The molecule has 0 amide bonds. The summed E-state index contributed by atoms with van der Waals surface area (Å²) in [6.07, 6.45) is 3.11. The predicted molar refractivity (Wildman–Crippen MR) is 97.2 cm³/mol. The van der Waals surface area contributed by atoms with Crippen LogP contribution in [0.3, 0.4) is 0 Å². The van der Waals surface area contributed by atoms with Crippen LogP contribution in [-0.2, 0) is 19.5 Å². The third-order valence-electron chi connectivity index (χ3n) is 4.71. The number of hydrogen-bond donors (Lipinski definition) is 3. The van der Waals surface area contributed by atoms with Gasteiger partial charge in [0.25, 0.3) is 0 Å². The number of aromatic amines is 1. The van der Waals surface area contributed by atoms with E-state index in [-0.39, 0.29) is 6.61 Å². The van der Waals surface area contributed by atoms with Crippen LogP contribution < -0.4 is 5.32 Å². The molecular formula is C19H26N4O. The molecule has 128 valence electrons. The third-order valence-corrected chi connectivity index (χ3v) is 4.71. The molecule has 0 aliphatic carbocycles. The highest BCUT2D eigenvalue weighted by molar-refractivity contribution is 5.86. The van der Waals surface area contributed by atoms with Crippen molar-refractivity contribution in [2.24, 2.45) is 0 Å². The van der Waals surface area contributed by atoms with Gasteiger partial charge in [0, 0.05) is 34.9 Å². The van der Waals surface area contributed by atoms with Crippen molar-refractivity contribution in [3.05, 3.63) is 52.5 Å². The molecule has 0 bridgehead atoms. The molecular weight excluding hydrogens is 300 g/mol. The largest absolute Gasteiger partial charge is 0.394 e. The van der Waals surface area contributed by atoms with E-state index in [1.54, 1.807) is 0 Å². The minimum Gasteiger partial charge on any atom is -0.394 e. The number of benzene rings is 1. The van der Waals surface area contributed by atoms with Gasteiger partial charge in [0.15, 0.2) is 0 Å². The van der Waals surface area contributed by atoms with Crippen molar-refractivity contribution in [1.82, 2.24) is 20.1 Å². The van der Waals surface area contributed by atoms with Gasteiger partial charge in [-0.15, -0.1) is 0 Å². The zero-order valence-electron chi connectivity index (χ0n) is 14.7. The van der Waals surface area contributed by atoms with Crippen molar-refractivity contribution < 1.29 is 5.11 Å². The zero-order chi connectivity index (χ0) is 17.1. The lowest BCUT2D eigenvalue weighted by Crippen LogP contribution is -2.17. The Balaban J connectivity index is 1.61. The van der Waals surface area contributed by atoms with Crippen LogP contribution in [-0.4, -0.2) is 33.0 Å². The standard InChI is InChI=1S/C19H26N4O/c1-13-5-4-6-18-19(13)16(11-21-18)7-8-20-12-17-14(2)22-23(9-10-24)15(17)3/h4-6,11,20-21,24H,7-10,12H2,1-3H3. The summed E-state index contributed by atoms with van der Waals surface area (Å²) in [5.41, 5.74) is 7.30. The molecule has 0 unspecified atom stereocenters. The van der Waals surface area contributed by atoms with E-state index in [1.165, 1.54) is 27.6 Å². The predicted octanol–water partition coefficient (Wildman–Crippen LogP) is 2.61. The van der Waals surface area contributed by atoms with Gasteiger partial charge >= 0.3 is 0 Å². The van der Waals surface area contributed by atoms with Crippen molar-refractivity contribution >= 4 is 10.9 Å². The second kappa shape index (κ2) is 7.20. The summed E-state index contributed by atoms with van der Waals surface area (Å²) < 4.78 is 1.88. The number of aliphatic hydroxyl groups excluding tert-OH is 1. The van der Waals surface area contributed by atoms with Crippen molar-refractivity contribution in [3.8, 4) is 0 Å². The van der Waals surface area contributed by atoms with E-state index in [1.807, 2.05) is 11.6 Å². The molecule has 0 aliphatic heterocycles. The quantitative estimate of drug-likeness (QED) is 0.585. The second-order valence-corrected chi connectivity index (χ2v) is 6.33. The summed E-state index contributed by atoms with van der Waals surface area (Å²) in [4.78, 5) is 3.36. The Morgan fingerprint density at radius 3 is 2.88 bits per heavy atom. The molecule has 0 radical (unpaired) electrons. The van der Waals surface area contributed by atoms with E-state index in [2.05, 4.69) is 53.6 Å². The number of aryl methyl sites for hydroxylation is 2. The molecule has 5 nitrogen and oxygen atoms in total. The topological polar surface area (TPSA) is 65.9 Å². The van der Waals surface area contributed by atoms with E-state index in [4.69, 9.17) is 5.11 Å². The van der Waals surface area contributed by atoms with Crippen LogP contribution in [0.5, 0.6) is 0 Å². The van der Waals surface area contributed by atoms with Crippen molar-refractivity contribution in [2.75, 3.05) is 13.2 Å². The molecule has 0 saturated carbocycles. The Morgan fingerprint density at radius 2 is 2.08 bits per heavy atom. The van der Waals surface area contributed by atoms with Crippen molar-refractivity contribution in [1.29, 1.82) is 0 Å². The zero-order valence-corrected chi connectivity index (χ0v) is 14.7. The van der Waals surface area contributed by atoms with Gasteiger partial charge in [-0.2, -0.15) is 5.10 Å². The van der Waals surface area contributed by atoms with Crippen LogP contribution >= 0.6 is 0 Å². The van der Waals surface area contributed by atoms with Gasteiger partial charge in [0.05, 0.1) is 18.8 Å². The number of fused-ring (bicyclic) bond motifs is 1. The van der Waals surface area contributed by atoms with Gasteiger partial charge in [-0.1, -0.05) is 12.1 Å². The summed E-state index contributed by atoms with van der Waals surface area (Å²) in [6, 6.07) is 6.38. The number of aliphatic hydroxyl groups is 1. The average molecular weight is 326 g/mol. The lowest BCUT2D eigenvalue weighted by Gasteiger charge is -2.07. The summed E-state index contributed by atoms with van der Waals surface area (Å²) in [6.45, 7) is 8.66. The molecule has 0 spiro atoms. The number of aromatic nitrogens is 3. The molecule has 1 aromatic carbocycles. The number of H-pyrrole nitrogens is 1. The van der Waals surface area contributed by atoms with Gasteiger partial charge in [0.2, 0.25) is 0 Å². The normalized spacial score (nSPS) is 11.5. The first-order valence-corrected chi connectivity index (χ1v) is 8.52. The monoisotopic (exact) mass is 326 g/mol. The van der Waals surface area contributed by atoms with Crippen LogP contribution in [0.1, 0.15) is 28.1 Å². The Morgan fingerprint density at radius 1 is 1.25 bits per heavy atom. The van der Waals surface area contributed by atoms with Gasteiger partial charge in [0.1, 0.15) is 0 Å². The molecule has 0 saturated heterocycles. The molecule has 0 fully saturated rings. The molecule has 3 aromatic rings. The fraction of sp³-hybridized carbons (Fsp3) is 0.421. The highest BCUT2D eigenvalue weighted by Crippen LogP contribution is 2.22. The van der Waals surface area contributed by atoms with Crippen LogP contribution in [0.2, 0.25) is 0 Å². The van der Waals surface area contributed by atoms with Crippen LogP contribution in [0.25, 0.3) is 10.9 Å². The Bertz CT molecular complexity index is 831. The Hall–Kier alpha value is -2.11. The maximum Gasteiger partial charge on any atom is 0.0644 e. The summed E-state index contributed by atoms with van der Waals surface area (Å²) >= 11 is 0. The molecule has 3 N–H and O–H groups in total. The van der Waals surface area contributed by atoms with Gasteiger partial charge in [-0.25, -0.2) is 0 Å². The van der Waals surface area contributed by atoms with Crippen LogP contribution in [0, 0.1) is 20.8 Å². The average Bonchev–Trinajstić information content (AvgIpc) is 3.08. The first-order valence-electron chi connectivity index (χ1n) is 8.52. The van der Waals surface area contributed by atoms with Gasteiger partial charge < -0.3 is 15.4 Å². The maximum absolute atomic E-state index is 9.09. The lowest BCUT2D eigenvalue weighted by molar-refractivity contribution is 0.267. The first kappa shape index (κ1) is 16.7. The number of nitrogens with one attached hydrogen (secondary N) is 2. The highest BCUT2D eigenvalue weighted by atomic mass is 16.3. The Kier molecular flexibility index (Phi) is 5.02. The van der Waals surface area contributed by atoms with Gasteiger partial charge in [-0.05, 0) is 50.9 Å². The van der Waals surface area contributed by atoms with Crippen molar-refractivity contribution in [3.63, 3.8) is 0 Å². The summed E-state index contributed by atoms with van der Waals surface area (Å²) in [7, 11) is 0. The lowest BCUT2D eigenvalue weighted by atomic mass is 10.1. The van der Waals surface area contributed by atoms with E-state index >= 15 is 0 Å². The molecule has 2 heterocycles. The summed E-state index contributed by atoms with van der Waals surface area (Å²) in [5.74, 6) is 0. The highest BCUT2D eigenvalue weighted by Gasteiger charge is 2.11. The minimum atomic E-state index is 0.120. The number of nitrogens with zero attached hydrogens (tertiary/aromatic N) is 2. The SMILES string of the molecule is Cc1nn(CCO)c(C)c1CNCCc1c[nH]c2cccc(C)c12. The second-order valence-electron chi connectivity index (χ2n) is 6.33. The third kappa shape index (κ3) is 3.23. The molecule has 0 aliphatic rings. The summed E-state index contributed by atoms with van der Waals surface area (Å²) in [5, 5.41) is 18.5. The fourth-order valence-electron chi connectivity index (χ4n) is 3.39. The Labute approximate surface area is 142 Å². The minimum absolute atomic E-state index is 0.120. The van der Waals surface area contributed by atoms with Crippen LogP contribution in [0.15, 0.2) is 24.4 Å². The first-order chi connectivity index (χ1) is 11.6. The smallest absolute Gasteiger partial charge is 0.0644 e. The van der Waals surface area contributed by atoms with E-state index in [0.29, 0.717) is 6.54 Å². The van der Waals surface area contributed by atoms with E-state index in [9.17, 15) is 0 Å². The molecule has 2 aromatic heterocycles. The molecule has 0 atom stereocenters.